The third kappa shape index (κ3) is 4.30. The molecule has 2 aromatic heterocycles. The number of thiazole rings is 1. The van der Waals surface area contributed by atoms with Crippen LogP contribution in [-0.2, 0) is 13.2 Å². The van der Waals surface area contributed by atoms with Gasteiger partial charge in [-0.1, -0.05) is 12.1 Å². The fourth-order valence-electron chi connectivity index (χ4n) is 4.82. The van der Waals surface area contributed by atoms with Gasteiger partial charge < -0.3 is 10.2 Å². The second kappa shape index (κ2) is 8.43. The summed E-state index contributed by atoms with van der Waals surface area (Å²) in [6.45, 7) is 1.76. The van der Waals surface area contributed by atoms with Gasteiger partial charge in [0, 0.05) is 19.6 Å². The second-order valence-corrected chi connectivity index (χ2v) is 10.0. The van der Waals surface area contributed by atoms with E-state index in [4.69, 9.17) is 0 Å². The number of halogens is 4. The minimum atomic E-state index is -4.73. The molecule has 3 atom stereocenters. The summed E-state index contributed by atoms with van der Waals surface area (Å²) < 4.78 is 54.5. The Morgan fingerprint density at radius 2 is 2.03 bits per heavy atom. The minimum Gasteiger partial charge on any atom is -0.350 e. The van der Waals surface area contributed by atoms with Crippen LogP contribution in [0.1, 0.15) is 44.4 Å². The average molecular weight is 508 g/mol. The van der Waals surface area contributed by atoms with Crippen molar-refractivity contribution in [2.45, 2.75) is 38.0 Å². The first-order valence-electron chi connectivity index (χ1n) is 11.0. The molecule has 0 radical (unpaired) electrons. The number of benzene rings is 1. The molecule has 0 spiro atoms. The predicted octanol–water partition coefficient (Wildman–Crippen LogP) is 4.04. The fourth-order valence-corrected chi connectivity index (χ4v) is 5.73. The summed E-state index contributed by atoms with van der Waals surface area (Å²) in [5.74, 6) is -1.37. The summed E-state index contributed by atoms with van der Waals surface area (Å²) >= 11 is 1.29. The van der Waals surface area contributed by atoms with Crippen LogP contribution in [0.2, 0.25) is 0 Å². The van der Waals surface area contributed by atoms with Crippen molar-refractivity contribution in [2.75, 3.05) is 6.54 Å². The molecule has 2 amide bonds. The molecule has 1 aliphatic carbocycles. The van der Waals surface area contributed by atoms with E-state index in [-0.39, 0.29) is 36.1 Å². The SMILES string of the molecule is Cc1nc(C(=O)N2[C@H](CNC(=O)c3cnn(C)c3C(F)(F)F)C[C@@H]3C[C@@H]32)c(-c2cccc(F)c2)s1. The van der Waals surface area contributed by atoms with E-state index in [0.717, 1.165) is 19.7 Å². The zero-order valence-electron chi connectivity index (χ0n) is 18.8. The van der Waals surface area contributed by atoms with Crippen molar-refractivity contribution in [3.05, 3.63) is 58.2 Å². The highest BCUT2D eigenvalue weighted by atomic mass is 32.1. The Morgan fingerprint density at radius 3 is 2.74 bits per heavy atom. The number of amides is 2. The molecular formula is C23H21F4N5O2S. The number of nitrogens with one attached hydrogen (secondary N) is 1. The lowest BCUT2D eigenvalue weighted by Gasteiger charge is -2.27. The van der Waals surface area contributed by atoms with E-state index in [9.17, 15) is 27.2 Å². The summed E-state index contributed by atoms with van der Waals surface area (Å²) in [5.41, 5.74) is -0.931. The Hall–Kier alpha value is -3.28. The molecule has 1 N–H and O–H groups in total. The van der Waals surface area contributed by atoms with E-state index in [1.54, 1.807) is 24.0 Å². The first-order valence-corrected chi connectivity index (χ1v) is 11.8. The highest BCUT2D eigenvalue weighted by molar-refractivity contribution is 7.15. The molecule has 184 valence electrons. The molecule has 1 saturated heterocycles. The third-order valence-corrected chi connectivity index (χ3v) is 7.44. The van der Waals surface area contributed by atoms with Crippen LogP contribution >= 0.6 is 11.3 Å². The number of carbonyl (C=O) groups excluding carboxylic acids is 2. The molecule has 0 unspecified atom stereocenters. The normalized spacial score (nSPS) is 21.2. The molecule has 0 bridgehead atoms. The molecule has 35 heavy (non-hydrogen) atoms. The first kappa shape index (κ1) is 23.5. The van der Waals surface area contributed by atoms with Gasteiger partial charge >= 0.3 is 6.18 Å². The number of likely N-dealkylation sites (tertiary alicyclic amines) is 1. The van der Waals surface area contributed by atoms with Crippen molar-refractivity contribution in [3.63, 3.8) is 0 Å². The molecule has 1 aromatic carbocycles. The van der Waals surface area contributed by atoms with Crippen LogP contribution in [-0.4, -0.2) is 50.1 Å². The summed E-state index contributed by atoms with van der Waals surface area (Å²) in [5, 5.41) is 6.77. The smallest absolute Gasteiger partial charge is 0.350 e. The van der Waals surface area contributed by atoms with Crippen molar-refractivity contribution in [1.29, 1.82) is 0 Å². The molecular weight excluding hydrogens is 486 g/mol. The number of alkyl halides is 3. The van der Waals surface area contributed by atoms with Crippen molar-refractivity contribution >= 4 is 23.2 Å². The van der Waals surface area contributed by atoms with Gasteiger partial charge in [0.25, 0.3) is 11.8 Å². The summed E-state index contributed by atoms with van der Waals surface area (Å²) in [6.07, 6.45) is -2.38. The van der Waals surface area contributed by atoms with Crippen molar-refractivity contribution in [2.24, 2.45) is 13.0 Å². The van der Waals surface area contributed by atoms with Crippen LogP contribution in [0.5, 0.6) is 0 Å². The Bertz CT molecular complexity index is 1320. The molecule has 2 aliphatic rings. The van der Waals surface area contributed by atoms with Gasteiger partial charge in [-0.25, -0.2) is 9.37 Å². The number of hydrogen-bond donors (Lipinski definition) is 1. The Morgan fingerprint density at radius 1 is 1.26 bits per heavy atom. The number of aryl methyl sites for hydroxylation is 2. The highest BCUT2D eigenvalue weighted by Crippen LogP contribution is 2.49. The van der Waals surface area contributed by atoms with Gasteiger partial charge in [0.1, 0.15) is 11.5 Å². The lowest BCUT2D eigenvalue weighted by atomic mass is 10.1. The topological polar surface area (TPSA) is 80.1 Å². The summed E-state index contributed by atoms with van der Waals surface area (Å²) in [4.78, 5) is 32.8. The predicted molar refractivity (Wildman–Crippen MR) is 119 cm³/mol. The maximum absolute atomic E-state index is 13.8. The summed E-state index contributed by atoms with van der Waals surface area (Å²) in [6, 6.07) is 5.55. The lowest BCUT2D eigenvalue weighted by Crippen LogP contribution is -2.45. The largest absolute Gasteiger partial charge is 0.433 e. The standard InChI is InChI=1S/C23H21F4N5O2S/c1-11-30-18(19(35-11)12-4-3-5-14(24)6-12)22(34)32-15(7-13-8-17(13)32)9-28-21(33)16-10-29-31(2)20(16)23(25,26)27/h3-6,10,13,15,17H,7-9H2,1-2H3,(H,28,33)/t13-,15+,17+/m1/s1. The maximum Gasteiger partial charge on any atom is 0.433 e. The highest BCUT2D eigenvalue weighted by Gasteiger charge is 2.54. The zero-order valence-corrected chi connectivity index (χ0v) is 19.6. The number of piperidine rings is 1. The lowest BCUT2D eigenvalue weighted by molar-refractivity contribution is -0.144. The molecule has 12 heteroatoms. The number of rotatable bonds is 5. The van der Waals surface area contributed by atoms with E-state index in [2.05, 4.69) is 15.4 Å². The van der Waals surface area contributed by atoms with E-state index in [1.165, 1.54) is 23.5 Å². The van der Waals surface area contributed by atoms with Gasteiger partial charge in [-0.2, -0.15) is 18.3 Å². The molecule has 1 aliphatic heterocycles. The van der Waals surface area contributed by atoms with Crippen molar-refractivity contribution < 1.29 is 27.2 Å². The van der Waals surface area contributed by atoms with Gasteiger partial charge in [0.2, 0.25) is 0 Å². The number of aromatic nitrogens is 3. The van der Waals surface area contributed by atoms with E-state index < -0.39 is 29.2 Å². The number of nitrogens with zero attached hydrogens (tertiary/aromatic N) is 4. The zero-order chi connectivity index (χ0) is 25.1. The maximum atomic E-state index is 13.8. The molecule has 3 heterocycles. The fraction of sp³-hybridized carbons (Fsp3) is 0.391. The molecule has 7 nitrogen and oxygen atoms in total. The number of carbonyl (C=O) groups is 2. The summed E-state index contributed by atoms with van der Waals surface area (Å²) in [7, 11) is 1.12. The van der Waals surface area contributed by atoms with E-state index in [0.29, 0.717) is 26.6 Å². The van der Waals surface area contributed by atoms with Crippen molar-refractivity contribution in [3.8, 4) is 10.4 Å². The van der Waals surface area contributed by atoms with Crippen LogP contribution in [0.3, 0.4) is 0 Å². The Balaban J connectivity index is 1.36. The molecule has 2 fully saturated rings. The van der Waals surface area contributed by atoms with Crippen LogP contribution < -0.4 is 5.32 Å². The Kier molecular flexibility index (Phi) is 5.65. The first-order chi connectivity index (χ1) is 16.5. The monoisotopic (exact) mass is 507 g/mol. The van der Waals surface area contributed by atoms with Crippen LogP contribution in [0.4, 0.5) is 17.6 Å². The van der Waals surface area contributed by atoms with Gasteiger partial charge in [-0.3, -0.25) is 14.3 Å². The minimum absolute atomic E-state index is 0.00217. The molecule has 5 rings (SSSR count). The molecule has 3 aromatic rings. The Labute approximate surface area is 201 Å². The van der Waals surface area contributed by atoms with Crippen LogP contribution in [0.15, 0.2) is 30.5 Å². The average Bonchev–Trinajstić information content (AvgIpc) is 3.10. The van der Waals surface area contributed by atoms with E-state index >= 15 is 0 Å². The van der Waals surface area contributed by atoms with Gasteiger partial charge in [0.15, 0.2) is 5.69 Å². The van der Waals surface area contributed by atoms with Gasteiger partial charge in [0.05, 0.1) is 27.7 Å². The second-order valence-electron chi connectivity index (χ2n) is 8.82. The molecule has 1 saturated carbocycles. The quantitative estimate of drug-likeness (QED) is 0.529. The van der Waals surface area contributed by atoms with E-state index in [1.807, 2.05) is 0 Å². The van der Waals surface area contributed by atoms with Crippen LogP contribution in [0.25, 0.3) is 10.4 Å². The number of fused-ring (bicyclic) bond motifs is 1. The van der Waals surface area contributed by atoms with Gasteiger partial charge in [-0.05, 0) is 43.4 Å². The third-order valence-electron chi connectivity index (χ3n) is 6.42. The van der Waals surface area contributed by atoms with Gasteiger partial charge in [-0.15, -0.1) is 11.3 Å². The number of hydrogen-bond acceptors (Lipinski definition) is 5. The van der Waals surface area contributed by atoms with Crippen molar-refractivity contribution in [1.82, 2.24) is 25.0 Å². The van der Waals surface area contributed by atoms with Crippen LogP contribution in [0, 0.1) is 18.7 Å².